The van der Waals surface area contributed by atoms with Crippen molar-refractivity contribution in [3.8, 4) is 0 Å². The van der Waals surface area contributed by atoms with Gasteiger partial charge >= 0.3 is 5.97 Å². The van der Waals surface area contributed by atoms with Crippen LogP contribution >= 0.6 is 0 Å². The Bertz CT molecular complexity index is 63.4. The molecule has 0 saturated heterocycles. The van der Waals surface area contributed by atoms with Gasteiger partial charge in [-0.15, -0.1) is 0 Å². The van der Waals surface area contributed by atoms with Crippen LogP contribution in [0.1, 0.15) is 19.3 Å². The van der Waals surface area contributed by atoms with Crippen LogP contribution in [0.15, 0.2) is 0 Å². The molecule has 8 heavy (non-hydrogen) atoms. The van der Waals surface area contributed by atoms with Gasteiger partial charge in [-0.2, -0.15) is 6.42 Å². The van der Waals surface area contributed by atoms with Gasteiger partial charge < -0.3 is 12.0 Å². The number of hydrogen-bond acceptors (Lipinski definition) is 1. The fourth-order valence-electron chi connectivity index (χ4n) is 0.276. The van der Waals surface area contributed by atoms with Crippen molar-refractivity contribution in [3.05, 3.63) is 6.92 Å². The van der Waals surface area contributed by atoms with Crippen LogP contribution in [0.3, 0.4) is 0 Å². The summed E-state index contributed by atoms with van der Waals surface area (Å²) in [5.74, 6) is -0.733. The molecule has 0 aliphatic carbocycles. The van der Waals surface area contributed by atoms with E-state index in [0.29, 0.717) is 12.8 Å². The maximum absolute atomic E-state index is 9.73. The summed E-state index contributed by atoms with van der Waals surface area (Å²) in [6, 6.07) is 0. The quantitative estimate of drug-likeness (QED) is 0.758. The van der Waals surface area contributed by atoms with E-state index >= 15 is 0 Å². The van der Waals surface area contributed by atoms with Gasteiger partial charge in [-0.3, -0.25) is 4.79 Å². The second-order valence-electron chi connectivity index (χ2n) is 1.35. The van der Waals surface area contributed by atoms with Crippen LogP contribution in [0, 0.1) is 6.92 Å². The van der Waals surface area contributed by atoms with Gasteiger partial charge in [0.05, 0.1) is 0 Å². The van der Waals surface area contributed by atoms with Crippen molar-refractivity contribution in [1.29, 1.82) is 0 Å². The van der Waals surface area contributed by atoms with Crippen molar-refractivity contribution in [1.82, 2.24) is 0 Å². The minimum atomic E-state index is -0.733. The van der Waals surface area contributed by atoms with Crippen molar-refractivity contribution >= 4 is 5.97 Å². The van der Waals surface area contributed by atoms with Gasteiger partial charge in [0.25, 0.3) is 0 Å². The average molecular weight is 368 g/mol. The summed E-state index contributed by atoms with van der Waals surface area (Å²) in [6.07, 6.45) is 1.66. The van der Waals surface area contributed by atoms with Crippen LogP contribution in [-0.2, 0) is 4.79 Å². The van der Waals surface area contributed by atoms with Crippen LogP contribution in [0.2, 0.25) is 0 Å². The molecule has 0 rings (SSSR count). The molecule has 0 heterocycles. The SMILES string of the molecule is [CH2-]CCCC(=O)O.[Rf]. The smallest absolute Gasteiger partial charge is 0.303 e. The van der Waals surface area contributed by atoms with Crippen molar-refractivity contribution in [2.24, 2.45) is 0 Å². The number of carboxylic acids is 1. The van der Waals surface area contributed by atoms with Crippen LogP contribution in [0.5, 0.6) is 0 Å². The zero-order chi connectivity index (χ0) is 5.70. The largest absolute Gasteiger partial charge is 0.481 e. The maximum Gasteiger partial charge on any atom is 0.303 e. The molecule has 0 aliphatic rings. The number of aliphatic carboxylic acids is 1. The van der Waals surface area contributed by atoms with Crippen LogP contribution < -0.4 is 0 Å². The molecule has 0 aromatic heterocycles. The Labute approximate surface area is 43.2 Å². The Morgan fingerprint density at radius 1 is 1.62 bits per heavy atom. The molecular formula is C5H9O2Rf-. The molecule has 0 unspecified atom stereocenters. The Morgan fingerprint density at radius 2 is 2.12 bits per heavy atom. The van der Waals surface area contributed by atoms with E-state index in [1.54, 1.807) is 0 Å². The van der Waals surface area contributed by atoms with Gasteiger partial charge in [-0.1, -0.05) is 6.42 Å². The zero-order valence-corrected chi connectivity index (χ0v) is 11.3. The molecule has 0 fully saturated rings. The first-order valence-electron chi connectivity index (χ1n) is 2.28. The monoisotopic (exact) mass is 368 g/mol. The summed E-state index contributed by atoms with van der Waals surface area (Å²) in [5, 5.41) is 8.02. The summed E-state index contributed by atoms with van der Waals surface area (Å²) in [7, 11) is 0. The molecular weight excluding hydrogens is 359 g/mol. The number of carboxylic acid groups (broad SMARTS) is 1. The van der Waals surface area contributed by atoms with Gasteiger partial charge in [0, 0.05) is 6.42 Å². The van der Waals surface area contributed by atoms with Crippen LogP contribution in [-0.4, -0.2) is 11.1 Å². The van der Waals surface area contributed by atoms with E-state index in [1.807, 2.05) is 0 Å². The van der Waals surface area contributed by atoms with Crippen molar-refractivity contribution in [2.45, 2.75) is 19.3 Å². The molecule has 0 aromatic rings. The number of rotatable bonds is 3. The van der Waals surface area contributed by atoms with E-state index in [0.717, 1.165) is 0 Å². The van der Waals surface area contributed by atoms with E-state index in [-0.39, 0.29) is 6.42 Å². The normalized spacial score (nSPS) is 7.62. The fourth-order valence-corrected chi connectivity index (χ4v) is 0.276. The van der Waals surface area contributed by atoms with E-state index in [9.17, 15) is 4.79 Å². The minimum Gasteiger partial charge on any atom is -0.481 e. The summed E-state index contributed by atoms with van der Waals surface area (Å²) in [6.45, 7) is 3.49. The van der Waals surface area contributed by atoms with Gasteiger partial charge in [0.2, 0.25) is 0 Å². The predicted molar refractivity (Wildman–Crippen MR) is 26.8 cm³/mol. The molecule has 2 nitrogen and oxygen atoms in total. The molecule has 0 aliphatic heterocycles. The number of unbranched alkanes of at least 4 members (excludes halogenated alkanes) is 1. The molecule has 1 N–H and O–H groups in total. The zero-order valence-electron chi connectivity index (χ0n) is 4.89. The van der Waals surface area contributed by atoms with Crippen molar-refractivity contribution < 1.29 is 9.90 Å². The molecule has 0 aromatic carbocycles. The Morgan fingerprint density at radius 3 is 2.25 bits per heavy atom. The summed E-state index contributed by atoms with van der Waals surface area (Å²) in [5.41, 5.74) is 0. The Kier molecular flexibility index (Phi) is 6.62. The first-order chi connectivity index (χ1) is 3.27. The molecule has 3 heteroatoms. The Balaban J connectivity index is 0. The molecule has 0 bridgehead atoms. The molecule has 0 radical (unpaired) electrons. The third-order valence-electron chi connectivity index (χ3n) is 0.641. The molecule has 44 valence electrons. The van der Waals surface area contributed by atoms with Gasteiger partial charge in [-0.25, -0.2) is 0 Å². The average Bonchev–Trinajstić information content (AvgIpc) is 1.61. The summed E-state index contributed by atoms with van der Waals surface area (Å²) < 4.78 is 0. The molecule has 0 saturated carbocycles. The minimum absolute atomic E-state index is 0. The first kappa shape index (κ1) is 9.69. The molecule has 0 amide bonds. The van der Waals surface area contributed by atoms with E-state index in [4.69, 9.17) is 5.11 Å². The van der Waals surface area contributed by atoms with E-state index in [1.165, 1.54) is 0 Å². The third-order valence-corrected chi connectivity index (χ3v) is 0.641. The predicted octanol–water partition coefficient (Wildman–Crippen LogP) is 1.08. The van der Waals surface area contributed by atoms with Crippen molar-refractivity contribution in [2.75, 3.05) is 0 Å². The number of hydrogen-bond donors (Lipinski definition) is 1. The van der Waals surface area contributed by atoms with E-state index < -0.39 is 5.97 Å². The van der Waals surface area contributed by atoms with Gasteiger partial charge in [0.15, 0.2) is 0 Å². The second-order valence-corrected chi connectivity index (χ2v) is 1.35. The summed E-state index contributed by atoms with van der Waals surface area (Å²) in [4.78, 5) is 9.73. The number of carbonyl (C=O) groups is 1. The maximum atomic E-state index is 9.73. The molecule has 0 atom stereocenters. The van der Waals surface area contributed by atoms with Gasteiger partial charge in [-0.05, 0) is 0 Å². The third kappa shape index (κ3) is 8.82. The van der Waals surface area contributed by atoms with Crippen molar-refractivity contribution in [3.63, 3.8) is 0 Å². The van der Waals surface area contributed by atoms with Gasteiger partial charge in [0.1, 0.15) is 0 Å². The topological polar surface area (TPSA) is 37.3 Å². The second kappa shape index (κ2) is 5.47. The summed E-state index contributed by atoms with van der Waals surface area (Å²) >= 11 is 0. The van der Waals surface area contributed by atoms with E-state index in [2.05, 4.69) is 6.92 Å². The molecule has 0 spiro atoms. The van der Waals surface area contributed by atoms with Crippen LogP contribution in [0.25, 0.3) is 0 Å². The van der Waals surface area contributed by atoms with Crippen LogP contribution in [0.4, 0.5) is 0 Å². The first-order valence-corrected chi connectivity index (χ1v) is 2.28. The standard InChI is InChI=1S/C5H9O2.Rf/c1-2-3-4-5(6)7;/h1-4H2,(H,6,7);/q-1;. The fraction of sp³-hybridized carbons (Fsp3) is 0.600. The Hall–Kier alpha value is -1.53.